The summed E-state index contributed by atoms with van der Waals surface area (Å²) in [6, 6.07) is 5.91. The molecule has 0 aromatic heterocycles. The van der Waals surface area contributed by atoms with Crippen LogP contribution in [-0.4, -0.2) is 67.0 Å². The Balaban J connectivity index is 1.52. The van der Waals surface area contributed by atoms with Gasteiger partial charge in [0.2, 0.25) is 11.8 Å². The molecular weight excluding hydrogens is 410 g/mol. The molecule has 1 aromatic rings. The molecule has 6 nitrogen and oxygen atoms in total. The van der Waals surface area contributed by atoms with Crippen LogP contribution in [0.2, 0.25) is 0 Å². The first kappa shape index (κ1) is 19.9. The van der Waals surface area contributed by atoms with Gasteiger partial charge in [0.15, 0.2) is 0 Å². The van der Waals surface area contributed by atoms with E-state index in [0.29, 0.717) is 32.2 Å². The molecule has 1 aromatic carbocycles. The predicted molar refractivity (Wildman–Crippen MR) is 109 cm³/mol. The van der Waals surface area contributed by atoms with Gasteiger partial charge in [-0.25, -0.2) is 0 Å². The van der Waals surface area contributed by atoms with E-state index < -0.39 is 0 Å². The number of nitrogens with zero attached hydrogens (tertiary/aromatic N) is 2. The molecule has 0 radical (unpaired) electrons. The number of carbonyl (C=O) groups excluding carboxylic acids is 2. The van der Waals surface area contributed by atoms with Crippen LogP contribution in [0.4, 0.5) is 0 Å². The molecule has 27 heavy (non-hydrogen) atoms. The van der Waals surface area contributed by atoms with Crippen LogP contribution in [0, 0.1) is 0 Å². The SMILES string of the molecule is COc1ccc(Br)cc1/C=C/C(=O)N1CCN(C(C)C(=O)NC2CC2)CC1. The molecule has 1 aliphatic carbocycles. The zero-order valence-corrected chi connectivity index (χ0v) is 17.4. The van der Waals surface area contributed by atoms with Crippen LogP contribution >= 0.6 is 15.9 Å². The maximum Gasteiger partial charge on any atom is 0.246 e. The van der Waals surface area contributed by atoms with Gasteiger partial charge in [-0.05, 0) is 44.0 Å². The highest BCUT2D eigenvalue weighted by Crippen LogP contribution is 2.24. The molecule has 0 bridgehead atoms. The summed E-state index contributed by atoms with van der Waals surface area (Å²) < 4.78 is 6.26. The second-order valence-electron chi connectivity index (χ2n) is 7.04. The van der Waals surface area contributed by atoms with Crippen LogP contribution in [-0.2, 0) is 9.59 Å². The van der Waals surface area contributed by atoms with Crippen molar-refractivity contribution in [1.82, 2.24) is 15.1 Å². The number of benzene rings is 1. The van der Waals surface area contributed by atoms with Crippen molar-refractivity contribution in [1.29, 1.82) is 0 Å². The monoisotopic (exact) mass is 435 g/mol. The second-order valence-corrected chi connectivity index (χ2v) is 7.96. The zero-order chi connectivity index (χ0) is 19.4. The van der Waals surface area contributed by atoms with Crippen molar-refractivity contribution < 1.29 is 14.3 Å². The van der Waals surface area contributed by atoms with Crippen LogP contribution in [0.5, 0.6) is 5.75 Å². The molecule has 2 amide bonds. The lowest BCUT2D eigenvalue weighted by Crippen LogP contribution is -2.55. The van der Waals surface area contributed by atoms with Gasteiger partial charge in [0, 0.05) is 48.3 Å². The first-order chi connectivity index (χ1) is 13.0. The largest absolute Gasteiger partial charge is 0.496 e. The van der Waals surface area contributed by atoms with E-state index in [4.69, 9.17) is 4.74 Å². The molecule has 1 saturated carbocycles. The van der Waals surface area contributed by atoms with Gasteiger partial charge < -0.3 is 15.0 Å². The van der Waals surface area contributed by atoms with E-state index in [0.717, 1.165) is 28.6 Å². The number of methoxy groups -OCH3 is 1. The summed E-state index contributed by atoms with van der Waals surface area (Å²) in [6.07, 6.45) is 5.55. The normalized spacial score (nSPS) is 19.1. The summed E-state index contributed by atoms with van der Waals surface area (Å²) in [5.74, 6) is 0.799. The lowest BCUT2D eigenvalue weighted by Gasteiger charge is -2.37. The fraction of sp³-hybridized carbons (Fsp3) is 0.500. The van der Waals surface area contributed by atoms with Gasteiger partial charge in [-0.2, -0.15) is 0 Å². The first-order valence-corrected chi connectivity index (χ1v) is 10.1. The molecule has 1 aliphatic heterocycles. The number of hydrogen-bond donors (Lipinski definition) is 1. The number of hydrogen-bond acceptors (Lipinski definition) is 4. The van der Waals surface area contributed by atoms with Crippen molar-refractivity contribution >= 4 is 33.8 Å². The summed E-state index contributed by atoms with van der Waals surface area (Å²) in [5, 5.41) is 3.05. The van der Waals surface area contributed by atoms with E-state index in [1.165, 1.54) is 0 Å². The van der Waals surface area contributed by atoms with E-state index >= 15 is 0 Å². The maximum absolute atomic E-state index is 12.5. The van der Waals surface area contributed by atoms with Crippen LogP contribution in [0.1, 0.15) is 25.3 Å². The third kappa shape index (κ3) is 5.32. The highest BCUT2D eigenvalue weighted by molar-refractivity contribution is 9.10. The highest BCUT2D eigenvalue weighted by Gasteiger charge is 2.30. The minimum Gasteiger partial charge on any atom is -0.496 e. The zero-order valence-electron chi connectivity index (χ0n) is 15.8. The van der Waals surface area contributed by atoms with Crippen molar-refractivity contribution in [2.45, 2.75) is 31.8 Å². The lowest BCUT2D eigenvalue weighted by atomic mass is 10.1. The van der Waals surface area contributed by atoms with Crippen LogP contribution in [0.25, 0.3) is 6.08 Å². The minimum absolute atomic E-state index is 0.0215. The number of halogens is 1. The average molecular weight is 436 g/mol. The van der Waals surface area contributed by atoms with Crippen molar-refractivity contribution in [2.75, 3.05) is 33.3 Å². The Labute approximate surface area is 168 Å². The fourth-order valence-corrected chi connectivity index (χ4v) is 3.53. The smallest absolute Gasteiger partial charge is 0.246 e. The number of ether oxygens (including phenoxy) is 1. The van der Waals surface area contributed by atoms with Crippen molar-refractivity contribution in [3.8, 4) is 5.75 Å². The minimum atomic E-state index is -0.149. The molecule has 0 spiro atoms. The average Bonchev–Trinajstić information content (AvgIpc) is 3.49. The third-order valence-electron chi connectivity index (χ3n) is 5.07. The Bertz CT molecular complexity index is 725. The molecule has 2 fully saturated rings. The summed E-state index contributed by atoms with van der Waals surface area (Å²) in [4.78, 5) is 28.7. The van der Waals surface area contributed by atoms with Crippen molar-refractivity contribution in [3.05, 3.63) is 34.3 Å². The van der Waals surface area contributed by atoms with Gasteiger partial charge >= 0.3 is 0 Å². The standard InChI is InChI=1S/C20H26BrN3O3/c1-14(20(26)22-17-5-6-17)23-9-11-24(12-10-23)19(25)8-3-15-13-16(21)4-7-18(15)27-2/h3-4,7-8,13-14,17H,5-6,9-12H2,1-2H3,(H,22,26)/b8-3+. The molecule has 1 N–H and O–H groups in total. The van der Waals surface area contributed by atoms with E-state index in [-0.39, 0.29) is 17.9 Å². The fourth-order valence-electron chi connectivity index (χ4n) is 3.15. The highest BCUT2D eigenvalue weighted by atomic mass is 79.9. The molecule has 7 heteroatoms. The third-order valence-corrected chi connectivity index (χ3v) is 5.57. The van der Waals surface area contributed by atoms with Crippen LogP contribution in [0.3, 0.4) is 0 Å². The number of carbonyl (C=O) groups is 2. The first-order valence-electron chi connectivity index (χ1n) is 9.33. The van der Waals surface area contributed by atoms with Crippen molar-refractivity contribution in [3.63, 3.8) is 0 Å². The topological polar surface area (TPSA) is 61.9 Å². The molecule has 146 valence electrons. The summed E-state index contributed by atoms with van der Waals surface area (Å²) in [5.41, 5.74) is 0.851. The number of amides is 2. The molecule has 1 unspecified atom stereocenters. The summed E-state index contributed by atoms with van der Waals surface area (Å²) in [6.45, 7) is 4.60. The Morgan fingerprint density at radius 3 is 2.59 bits per heavy atom. The Hall–Kier alpha value is -1.86. The molecule has 1 atom stereocenters. The number of nitrogens with one attached hydrogen (secondary N) is 1. The predicted octanol–water partition coefficient (Wildman–Crippen LogP) is 2.28. The van der Waals surface area contributed by atoms with Gasteiger partial charge in [-0.3, -0.25) is 14.5 Å². The van der Waals surface area contributed by atoms with Gasteiger partial charge in [0.1, 0.15) is 5.75 Å². The molecule has 2 aliphatic rings. The van der Waals surface area contributed by atoms with Gasteiger partial charge in [-0.1, -0.05) is 15.9 Å². The number of rotatable bonds is 6. The van der Waals surface area contributed by atoms with E-state index in [1.807, 2.05) is 30.0 Å². The Morgan fingerprint density at radius 1 is 1.26 bits per heavy atom. The van der Waals surface area contributed by atoms with Crippen LogP contribution < -0.4 is 10.1 Å². The van der Waals surface area contributed by atoms with E-state index in [9.17, 15) is 9.59 Å². The Morgan fingerprint density at radius 2 is 1.96 bits per heavy atom. The summed E-state index contributed by atoms with van der Waals surface area (Å²) in [7, 11) is 1.61. The summed E-state index contributed by atoms with van der Waals surface area (Å²) >= 11 is 3.44. The van der Waals surface area contributed by atoms with Gasteiger partial charge in [0.05, 0.1) is 13.2 Å². The van der Waals surface area contributed by atoms with Crippen molar-refractivity contribution in [2.24, 2.45) is 0 Å². The van der Waals surface area contributed by atoms with Gasteiger partial charge in [-0.15, -0.1) is 0 Å². The maximum atomic E-state index is 12.5. The lowest BCUT2D eigenvalue weighted by molar-refractivity contribution is -0.130. The second kappa shape index (κ2) is 8.89. The van der Waals surface area contributed by atoms with E-state index in [2.05, 4.69) is 26.1 Å². The van der Waals surface area contributed by atoms with Crippen LogP contribution in [0.15, 0.2) is 28.7 Å². The van der Waals surface area contributed by atoms with Gasteiger partial charge in [0.25, 0.3) is 0 Å². The Kier molecular flexibility index (Phi) is 6.55. The molecule has 1 saturated heterocycles. The van der Waals surface area contributed by atoms with E-state index in [1.54, 1.807) is 19.3 Å². The molecule has 1 heterocycles. The molecule has 3 rings (SSSR count). The quantitative estimate of drug-likeness (QED) is 0.696. The number of piperazine rings is 1. The molecular formula is C20H26BrN3O3.